The van der Waals surface area contributed by atoms with Crippen LogP contribution in [0.1, 0.15) is 149 Å². The lowest BCUT2D eigenvalue weighted by atomic mass is 9.72. The quantitative estimate of drug-likeness (QED) is 0.126. The zero-order valence-corrected chi connectivity index (χ0v) is 41.7. The van der Waals surface area contributed by atoms with Gasteiger partial charge in [-0.15, -0.1) is 0 Å². The molecule has 0 N–H and O–H groups in total. The van der Waals surface area contributed by atoms with Crippen LogP contribution in [0.3, 0.4) is 0 Å². The summed E-state index contributed by atoms with van der Waals surface area (Å²) in [5.41, 5.74) is 11.9. The average molecular weight is 783 g/mol. The van der Waals surface area contributed by atoms with Crippen LogP contribution in [0, 0.1) is 10.8 Å². The summed E-state index contributed by atoms with van der Waals surface area (Å²) in [7, 11) is -3.90. The zero-order chi connectivity index (χ0) is 42.2. The predicted octanol–water partition coefficient (Wildman–Crippen LogP) is 16.9. The molecule has 0 fully saturated rings. The molecule has 2 atom stereocenters. The lowest BCUT2D eigenvalue weighted by Gasteiger charge is -2.47. The predicted molar refractivity (Wildman–Crippen MR) is 255 cm³/mol. The van der Waals surface area contributed by atoms with Crippen LogP contribution in [-0.2, 0) is 4.74 Å². The summed E-state index contributed by atoms with van der Waals surface area (Å²) in [6.07, 6.45) is 35.3. The van der Waals surface area contributed by atoms with Crippen molar-refractivity contribution in [3.8, 4) is 0 Å². The van der Waals surface area contributed by atoms with E-state index in [2.05, 4.69) is 210 Å². The number of allylic oxidation sites excluding steroid dienone is 18. The van der Waals surface area contributed by atoms with Gasteiger partial charge in [-0.1, -0.05) is 202 Å². The Morgan fingerprint density at radius 1 is 0.564 bits per heavy atom. The topological polar surface area (TPSA) is 9.23 Å². The van der Waals surface area contributed by atoms with Gasteiger partial charge >= 0.3 is 0 Å². The summed E-state index contributed by atoms with van der Waals surface area (Å²) in [4.78, 5) is 0. The molecule has 0 saturated heterocycles. The third-order valence-electron chi connectivity index (χ3n) is 14.0. The van der Waals surface area contributed by atoms with Crippen molar-refractivity contribution in [2.45, 2.75) is 197 Å². The minimum atomic E-state index is -1.95. The summed E-state index contributed by atoms with van der Waals surface area (Å²) in [5, 5.41) is 0.347. The van der Waals surface area contributed by atoms with Crippen LogP contribution in [-0.4, -0.2) is 27.6 Å². The van der Waals surface area contributed by atoms with Crippen molar-refractivity contribution < 1.29 is 4.74 Å². The van der Waals surface area contributed by atoms with Crippen molar-refractivity contribution in [1.29, 1.82) is 0 Å². The molecule has 0 aromatic carbocycles. The Kier molecular flexibility index (Phi) is 17.3. The maximum Gasteiger partial charge on any atom is 0.0918 e. The second kappa shape index (κ2) is 19.5. The highest BCUT2D eigenvalue weighted by atomic mass is 28.3. The fourth-order valence-electron chi connectivity index (χ4n) is 7.70. The fraction of sp³-hybridized carbons (Fsp3) is 0.615. The molecule has 0 heterocycles. The molecule has 1 nitrogen and oxygen atoms in total. The molecule has 2 aliphatic carbocycles. The van der Waals surface area contributed by atoms with Crippen molar-refractivity contribution in [2.24, 2.45) is 10.8 Å². The Bertz CT molecular complexity index is 1510. The molecule has 0 spiro atoms. The second-order valence-corrected chi connectivity index (χ2v) is 32.8. The van der Waals surface area contributed by atoms with E-state index in [1.807, 2.05) is 0 Å². The van der Waals surface area contributed by atoms with Gasteiger partial charge in [-0.25, -0.2) is 0 Å². The van der Waals surface area contributed by atoms with Crippen molar-refractivity contribution in [3.05, 3.63) is 117 Å². The first kappa shape index (κ1) is 48.9. The lowest BCUT2D eigenvalue weighted by molar-refractivity contribution is 0.116. The molecule has 3 heteroatoms. The van der Waals surface area contributed by atoms with Gasteiger partial charge in [-0.2, -0.15) is 0 Å². The van der Waals surface area contributed by atoms with Crippen LogP contribution >= 0.6 is 0 Å². The van der Waals surface area contributed by atoms with Crippen LogP contribution in [0.2, 0.25) is 36.3 Å². The highest BCUT2D eigenvalue weighted by molar-refractivity contribution is 6.83. The highest BCUT2D eigenvalue weighted by Gasteiger charge is 2.47. The molecule has 0 aromatic heterocycles. The molecule has 0 amide bonds. The molecular formula is C52H86OSi2. The molecule has 0 aromatic rings. The van der Waals surface area contributed by atoms with Gasteiger partial charge in [-0.3, -0.25) is 0 Å². The minimum Gasteiger partial charge on any atom is -0.374 e. The van der Waals surface area contributed by atoms with Crippen LogP contribution in [0.25, 0.3) is 0 Å². The molecule has 55 heavy (non-hydrogen) atoms. The van der Waals surface area contributed by atoms with Gasteiger partial charge in [0.2, 0.25) is 0 Å². The van der Waals surface area contributed by atoms with E-state index in [9.17, 15) is 0 Å². The van der Waals surface area contributed by atoms with Gasteiger partial charge in [0.05, 0.1) is 27.6 Å². The summed E-state index contributed by atoms with van der Waals surface area (Å²) >= 11 is 0. The summed E-state index contributed by atoms with van der Waals surface area (Å²) in [6.45, 7) is 47.7. The van der Waals surface area contributed by atoms with E-state index in [0.29, 0.717) is 0 Å². The van der Waals surface area contributed by atoms with Crippen LogP contribution in [0.15, 0.2) is 117 Å². The molecule has 308 valence electrons. The van der Waals surface area contributed by atoms with Crippen molar-refractivity contribution in [1.82, 2.24) is 0 Å². The molecule has 2 unspecified atom stereocenters. The van der Waals surface area contributed by atoms with Crippen molar-refractivity contribution in [2.75, 3.05) is 0 Å². The third kappa shape index (κ3) is 14.0. The number of ether oxygens (including phenoxy) is 1. The SMILES string of the molecule is CC1=C(/C=C/C(C)=C\C=C\C(C)=C\C(OC(/C=C(C)/C=C/C=C(C)\C=C\C2=C(C)CCCC2(C)C)[Si](C)(C)C(C)(C)C)[Si](C)(C)C(C)(C)C)C(C)(C)CCC1. The van der Waals surface area contributed by atoms with E-state index >= 15 is 0 Å². The minimum absolute atomic E-state index is 0.0757. The van der Waals surface area contributed by atoms with Crippen LogP contribution in [0.5, 0.6) is 0 Å². The Balaban J connectivity index is 2.45. The number of hydrogen-bond acceptors (Lipinski definition) is 1. The fourth-order valence-corrected chi connectivity index (χ4v) is 11.9. The summed E-state index contributed by atoms with van der Waals surface area (Å²) in [6, 6.07) is 0. The second-order valence-electron chi connectivity index (χ2n) is 21.8. The Morgan fingerprint density at radius 3 is 1.18 bits per heavy atom. The van der Waals surface area contributed by atoms with Crippen LogP contribution < -0.4 is 0 Å². The smallest absolute Gasteiger partial charge is 0.0918 e. The first-order valence-electron chi connectivity index (χ1n) is 21.5. The molecule has 0 bridgehead atoms. The lowest BCUT2D eigenvalue weighted by Crippen LogP contribution is -2.56. The maximum atomic E-state index is 7.54. The molecule has 2 aliphatic rings. The average Bonchev–Trinajstić information content (AvgIpc) is 3.01. The Morgan fingerprint density at radius 2 is 0.891 bits per heavy atom. The van der Waals surface area contributed by atoms with E-state index in [4.69, 9.17) is 4.74 Å². The third-order valence-corrected chi connectivity index (χ3v) is 25.1. The monoisotopic (exact) mass is 783 g/mol. The van der Waals surface area contributed by atoms with Gasteiger partial charge in [0.15, 0.2) is 0 Å². The molecule has 0 saturated carbocycles. The van der Waals surface area contributed by atoms with Crippen molar-refractivity contribution >= 4 is 16.1 Å². The van der Waals surface area contributed by atoms with E-state index in [1.165, 1.54) is 72.0 Å². The van der Waals surface area contributed by atoms with Gasteiger partial charge in [0.1, 0.15) is 0 Å². The van der Waals surface area contributed by atoms with Gasteiger partial charge in [0, 0.05) is 0 Å². The van der Waals surface area contributed by atoms with E-state index in [-0.39, 0.29) is 32.4 Å². The summed E-state index contributed by atoms with van der Waals surface area (Å²) < 4.78 is 7.54. The Labute approximate surface area is 344 Å². The first-order chi connectivity index (χ1) is 25.0. The standard InChI is InChI=1S/C52H86OSi2/c1-39(31-33-45-43(5)29-23-35-51(45,13)14)25-21-27-41(3)37-47(54(17,18)49(7,8)9)53-48(55(19,20)50(10,11)12)38-42(4)28-22-26-40(2)32-34-46-44(6)30-24-36-52(46,15)16/h21-22,25-28,31-34,37-38,47-48H,23-24,29-30,35-36H2,1-20H3/b27-21+,28-22+,33-31+,34-32+,39-25-,40-26-,41-37+,42-38+. The molecule has 0 aliphatic heterocycles. The Hall–Kier alpha value is -2.21. The molecule has 2 rings (SSSR count). The number of rotatable bonds is 14. The summed E-state index contributed by atoms with van der Waals surface area (Å²) in [5.74, 6) is 0. The van der Waals surface area contributed by atoms with Gasteiger partial charge in [0.25, 0.3) is 0 Å². The van der Waals surface area contributed by atoms with Gasteiger partial charge in [-0.05, 0) is 112 Å². The zero-order valence-electron chi connectivity index (χ0n) is 39.7. The van der Waals surface area contributed by atoms with Crippen molar-refractivity contribution in [3.63, 3.8) is 0 Å². The van der Waals surface area contributed by atoms with E-state index < -0.39 is 16.1 Å². The molecule has 0 radical (unpaired) electrons. The highest BCUT2D eigenvalue weighted by Crippen LogP contribution is 2.45. The normalized spacial score (nSPS) is 21.6. The first-order valence-corrected chi connectivity index (χ1v) is 27.7. The van der Waals surface area contributed by atoms with E-state index in [0.717, 1.165) is 0 Å². The molecular weight excluding hydrogens is 697 g/mol. The van der Waals surface area contributed by atoms with E-state index in [1.54, 1.807) is 11.1 Å². The number of hydrogen-bond donors (Lipinski definition) is 0. The maximum absolute atomic E-state index is 7.54. The van der Waals surface area contributed by atoms with Crippen LogP contribution in [0.4, 0.5) is 0 Å². The van der Waals surface area contributed by atoms with Gasteiger partial charge < -0.3 is 4.74 Å². The largest absolute Gasteiger partial charge is 0.374 e.